The lowest BCUT2D eigenvalue weighted by atomic mass is 9.70. The summed E-state index contributed by atoms with van der Waals surface area (Å²) in [6.07, 6.45) is 4.22. The van der Waals surface area contributed by atoms with E-state index in [-0.39, 0.29) is 0 Å². The van der Waals surface area contributed by atoms with Crippen LogP contribution in [0.3, 0.4) is 0 Å². The van der Waals surface area contributed by atoms with Gasteiger partial charge in [-0.3, -0.25) is 0 Å². The molecule has 102 valence electrons. The Hall–Kier alpha value is -0.340. The number of hydrogen-bond donors (Lipinski definition) is 1. The Bertz CT molecular complexity index is 331. The molecule has 1 aromatic heterocycles. The lowest BCUT2D eigenvalue weighted by molar-refractivity contribution is 0.193. The Kier molecular flexibility index (Phi) is 5.25. The molecule has 0 saturated heterocycles. The lowest BCUT2D eigenvalue weighted by Crippen LogP contribution is -2.32. The average molecular weight is 265 g/mol. The molecule has 2 rings (SSSR count). The summed E-state index contributed by atoms with van der Waals surface area (Å²) in [4.78, 5) is 1.61. The van der Waals surface area contributed by atoms with Gasteiger partial charge in [-0.05, 0) is 67.5 Å². The first-order chi connectivity index (χ1) is 8.72. The van der Waals surface area contributed by atoms with Crippen LogP contribution < -0.4 is 5.32 Å². The molecule has 1 fully saturated rings. The zero-order chi connectivity index (χ0) is 13.0. The predicted octanol–water partition coefficient (Wildman–Crippen LogP) is 4.51. The fourth-order valence-electron chi connectivity index (χ4n) is 3.30. The molecule has 1 aromatic rings. The van der Waals surface area contributed by atoms with Crippen LogP contribution in [-0.2, 0) is 0 Å². The zero-order valence-corrected chi connectivity index (χ0v) is 12.8. The van der Waals surface area contributed by atoms with E-state index in [4.69, 9.17) is 0 Å². The Morgan fingerprint density at radius 2 is 2.22 bits per heavy atom. The van der Waals surface area contributed by atoms with E-state index in [1.54, 1.807) is 4.88 Å². The number of nitrogens with one attached hydrogen (secondary N) is 1. The molecule has 0 spiro atoms. The molecule has 2 heteroatoms. The summed E-state index contributed by atoms with van der Waals surface area (Å²) >= 11 is 1.95. The highest BCUT2D eigenvalue weighted by Crippen LogP contribution is 2.44. The molecule has 3 atom stereocenters. The van der Waals surface area contributed by atoms with E-state index in [2.05, 4.69) is 43.6 Å². The van der Waals surface area contributed by atoms with Crippen molar-refractivity contribution in [2.75, 3.05) is 13.1 Å². The van der Waals surface area contributed by atoms with Crippen LogP contribution in [-0.4, -0.2) is 13.1 Å². The standard InChI is InChI=1S/C16H27NS/c1-4-17-11-14-8-7-13(12(2)3)10-15(14)16-6-5-9-18-16/h5-6,9,12-15,17H,4,7-8,10-11H2,1-3H3. The van der Waals surface area contributed by atoms with Gasteiger partial charge in [-0.2, -0.15) is 0 Å². The first kappa shape index (κ1) is 14.1. The van der Waals surface area contributed by atoms with Crippen LogP contribution >= 0.6 is 11.3 Å². The van der Waals surface area contributed by atoms with Crippen LogP contribution in [0.15, 0.2) is 17.5 Å². The molecular formula is C16H27NS. The number of hydrogen-bond acceptors (Lipinski definition) is 2. The minimum atomic E-state index is 0.796. The maximum absolute atomic E-state index is 3.56. The summed E-state index contributed by atoms with van der Waals surface area (Å²) in [7, 11) is 0. The highest BCUT2D eigenvalue weighted by atomic mass is 32.1. The van der Waals surface area contributed by atoms with E-state index in [1.165, 1.54) is 25.8 Å². The van der Waals surface area contributed by atoms with E-state index < -0.39 is 0 Å². The van der Waals surface area contributed by atoms with Crippen LogP contribution in [0.4, 0.5) is 0 Å². The molecule has 0 aromatic carbocycles. The second kappa shape index (κ2) is 6.72. The minimum Gasteiger partial charge on any atom is -0.317 e. The summed E-state index contributed by atoms with van der Waals surface area (Å²) < 4.78 is 0. The Morgan fingerprint density at radius 1 is 1.39 bits per heavy atom. The summed E-state index contributed by atoms with van der Waals surface area (Å²) in [5.41, 5.74) is 0. The fraction of sp³-hybridized carbons (Fsp3) is 0.750. The van der Waals surface area contributed by atoms with Gasteiger partial charge in [-0.15, -0.1) is 11.3 Å². The van der Waals surface area contributed by atoms with Crippen LogP contribution in [0.2, 0.25) is 0 Å². The van der Waals surface area contributed by atoms with Gasteiger partial charge in [0.2, 0.25) is 0 Å². The Morgan fingerprint density at radius 3 is 2.83 bits per heavy atom. The smallest absolute Gasteiger partial charge is 0.00795 e. The minimum absolute atomic E-state index is 0.796. The van der Waals surface area contributed by atoms with Gasteiger partial charge in [0.1, 0.15) is 0 Å². The van der Waals surface area contributed by atoms with Gasteiger partial charge >= 0.3 is 0 Å². The zero-order valence-electron chi connectivity index (χ0n) is 12.0. The van der Waals surface area contributed by atoms with Gasteiger partial charge in [0.25, 0.3) is 0 Å². The summed E-state index contributed by atoms with van der Waals surface area (Å²) in [6, 6.07) is 4.56. The van der Waals surface area contributed by atoms with Gasteiger partial charge in [-0.25, -0.2) is 0 Å². The second-order valence-corrected chi connectivity index (χ2v) is 6.99. The van der Waals surface area contributed by atoms with Crippen molar-refractivity contribution in [3.8, 4) is 0 Å². The normalized spacial score (nSPS) is 28.8. The van der Waals surface area contributed by atoms with Crippen molar-refractivity contribution in [3.05, 3.63) is 22.4 Å². The monoisotopic (exact) mass is 265 g/mol. The number of thiophene rings is 1. The van der Waals surface area contributed by atoms with Gasteiger partial charge < -0.3 is 5.32 Å². The molecule has 1 aliphatic rings. The maximum Gasteiger partial charge on any atom is 0.00795 e. The molecule has 1 aliphatic carbocycles. The van der Waals surface area contributed by atoms with Crippen LogP contribution in [0.5, 0.6) is 0 Å². The molecule has 3 unspecified atom stereocenters. The van der Waals surface area contributed by atoms with E-state index in [0.29, 0.717) is 0 Å². The third kappa shape index (κ3) is 3.36. The van der Waals surface area contributed by atoms with Crippen molar-refractivity contribution in [1.82, 2.24) is 5.32 Å². The van der Waals surface area contributed by atoms with E-state index >= 15 is 0 Å². The largest absolute Gasteiger partial charge is 0.317 e. The van der Waals surface area contributed by atoms with Crippen LogP contribution in [0.25, 0.3) is 0 Å². The van der Waals surface area contributed by atoms with Crippen molar-refractivity contribution in [2.24, 2.45) is 17.8 Å². The third-order valence-corrected chi connectivity index (χ3v) is 5.55. The first-order valence-corrected chi connectivity index (χ1v) is 8.34. The predicted molar refractivity (Wildman–Crippen MR) is 81.3 cm³/mol. The van der Waals surface area contributed by atoms with E-state index in [9.17, 15) is 0 Å². The first-order valence-electron chi connectivity index (χ1n) is 7.46. The van der Waals surface area contributed by atoms with Crippen molar-refractivity contribution >= 4 is 11.3 Å². The molecule has 0 amide bonds. The van der Waals surface area contributed by atoms with Crippen molar-refractivity contribution in [2.45, 2.75) is 46.0 Å². The molecule has 1 saturated carbocycles. The summed E-state index contributed by atoms with van der Waals surface area (Å²) in [5, 5.41) is 5.79. The molecule has 0 bridgehead atoms. The molecular weight excluding hydrogens is 238 g/mol. The van der Waals surface area contributed by atoms with E-state index in [0.717, 1.165) is 30.2 Å². The lowest BCUT2D eigenvalue weighted by Gasteiger charge is -2.37. The maximum atomic E-state index is 3.56. The SMILES string of the molecule is CCNCC1CCC(C(C)C)CC1c1cccs1. The van der Waals surface area contributed by atoms with Crippen LogP contribution in [0, 0.1) is 17.8 Å². The summed E-state index contributed by atoms with van der Waals surface area (Å²) in [6.45, 7) is 9.28. The Balaban J connectivity index is 2.06. The topological polar surface area (TPSA) is 12.0 Å². The molecule has 1 N–H and O–H groups in total. The van der Waals surface area contributed by atoms with Gasteiger partial charge in [-0.1, -0.05) is 26.8 Å². The second-order valence-electron chi connectivity index (χ2n) is 6.01. The van der Waals surface area contributed by atoms with Crippen molar-refractivity contribution in [3.63, 3.8) is 0 Å². The molecule has 18 heavy (non-hydrogen) atoms. The van der Waals surface area contributed by atoms with Gasteiger partial charge in [0.05, 0.1) is 0 Å². The van der Waals surface area contributed by atoms with Crippen LogP contribution in [0.1, 0.15) is 50.8 Å². The van der Waals surface area contributed by atoms with Gasteiger partial charge in [0, 0.05) is 4.88 Å². The molecule has 0 radical (unpaired) electrons. The molecule has 0 aliphatic heterocycles. The summed E-state index contributed by atoms with van der Waals surface area (Å²) in [5.74, 6) is 3.41. The molecule has 1 nitrogen and oxygen atoms in total. The van der Waals surface area contributed by atoms with Crippen molar-refractivity contribution < 1.29 is 0 Å². The Labute approximate surface area is 116 Å². The average Bonchev–Trinajstić information content (AvgIpc) is 2.89. The van der Waals surface area contributed by atoms with Gasteiger partial charge in [0.15, 0.2) is 0 Å². The quantitative estimate of drug-likeness (QED) is 0.825. The highest BCUT2D eigenvalue weighted by Gasteiger charge is 2.32. The van der Waals surface area contributed by atoms with Crippen molar-refractivity contribution in [1.29, 1.82) is 0 Å². The molecule has 1 heterocycles. The number of rotatable bonds is 5. The highest BCUT2D eigenvalue weighted by molar-refractivity contribution is 7.10. The van der Waals surface area contributed by atoms with E-state index in [1.807, 2.05) is 11.3 Å². The third-order valence-electron chi connectivity index (χ3n) is 4.54. The fourth-order valence-corrected chi connectivity index (χ4v) is 4.23.